The maximum atomic E-state index is 3.96. The summed E-state index contributed by atoms with van der Waals surface area (Å²) in [5.41, 5.74) is 30.1. The van der Waals surface area contributed by atoms with Crippen LogP contribution >= 0.6 is 0 Å². The van der Waals surface area contributed by atoms with E-state index >= 15 is 0 Å². The molecule has 74 heavy (non-hydrogen) atoms. The van der Waals surface area contributed by atoms with E-state index in [9.17, 15) is 0 Å². The van der Waals surface area contributed by atoms with E-state index in [1.54, 1.807) is 0 Å². The minimum atomic E-state index is 0.972. The average molecular weight is 953 g/mol. The van der Waals surface area contributed by atoms with Crippen LogP contribution in [0.25, 0.3) is 72.3 Å². The molecule has 1 heterocycles. The predicted molar refractivity (Wildman–Crippen MR) is 322 cm³/mol. The summed E-state index contributed by atoms with van der Waals surface area (Å²) in [6.07, 6.45) is 10.1. The average Bonchev–Trinajstić information content (AvgIpc) is 3.80. The Hall–Kier alpha value is -8.39. The number of fused-ring (bicyclic) bond motifs is 3. The van der Waals surface area contributed by atoms with Gasteiger partial charge in [0, 0.05) is 0 Å². The van der Waals surface area contributed by atoms with Gasteiger partial charge in [0.25, 0.3) is 0 Å². The third-order valence-corrected chi connectivity index (χ3v) is 14.2. The molecule has 0 saturated heterocycles. The maximum absolute atomic E-state index is 3.96. The van der Waals surface area contributed by atoms with Gasteiger partial charge in [-0.05, 0) is 125 Å². The van der Waals surface area contributed by atoms with Crippen LogP contribution in [-0.4, -0.2) is 6.91 Å². The molecule has 0 radical (unpaired) electrons. The van der Waals surface area contributed by atoms with E-state index < -0.39 is 0 Å². The number of rotatable bonds is 10. The van der Waals surface area contributed by atoms with E-state index in [2.05, 4.69) is 278 Å². The molecule has 0 saturated carbocycles. The zero-order valence-electron chi connectivity index (χ0n) is 43.9. The molecule has 11 rings (SSSR count). The molecular weight excluding hydrogens is 888 g/mol. The first-order chi connectivity index (χ1) is 36.1. The van der Waals surface area contributed by atoms with E-state index in [-0.39, 0.29) is 0 Å². The molecule has 0 aliphatic heterocycles. The molecule has 0 bridgehead atoms. The van der Waals surface area contributed by atoms with Gasteiger partial charge in [0.15, 0.2) is 0 Å². The third-order valence-electron chi connectivity index (χ3n) is 14.2. The third kappa shape index (κ3) is 12.3. The Morgan fingerprint density at radius 2 is 1.03 bits per heavy atom. The summed E-state index contributed by atoms with van der Waals surface area (Å²) in [4.78, 5) is 0. The van der Waals surface area contributed by atoms with Gasteiger partial charge in [-0.25, -0.2) is 0 Å². The molecule has 0 spiro atoms. The first-order valence-corrected chi connectivity index (χ1v) is 26.0. The van der Waals surface area contributed by atoms with Crippen molar-refractivity contribution in [3.63, 3.8) is 0 Å². The van der Waals surface area contributed by atoms with Crippen LogP contribution in [0.1, 0.15) is 62.6 Å². The second-order valence-corrected chi connectivity index (χ2v) is 19.6. The standard InChI is InChI=1S/C27H26.C25H21B.C21H18/c1-4-6-13-23(5-2)25-14-10-15-26(20-25)27-17-16-24(21(3)18-27)19-22-11-8-7-9-12-22;1-18-7-3-4-11-24(18)25-16-22(13-12-19(25)2)20-8-5-9-21(15-20)23-10-6-14-26-17-23;1-14-3-6-16(7-4-14)17-9-10-19-12-18-8-5-15(2)11-20(18)21(19)13-17/h4-18,20H,2,19H2,1,3H3;3-17H,1-2H3;3-11,13H,12H2,1-2H3/b6-4-,23-13+;;. The van der Waals surface area contributed by atoms with Crippen LogP contribution in [0, 0.1) is 34.6 Å². The van der Waals surface area contributed by atoms with Gasteiger partial charge in [-0.2, -0.15) is 0 Å². The SMILES string of the molecule is C=C/C(=C\C=C/C)c1cccc(-c2ccc(Cc3ccccc3)c(C)c2)c1.Cc1ccc(-c2ccc3c(c2)-c2cc(C)ccc2C3)cc1.Cc1ccccc1-c1cc(-c2cccc(-c3cbccc3)c2)ccc1C. The Bertz CT molecular complexity index is 3610. The van der Waals surface area contributed by atoms with Crippen LogP contribution in [0.4, 0.5) is 0 Å². The van der Waals surface area contributed by atoms with Gasteiger partial charge in [0.2, 0.25) is 0 Å². The van der Waals surface area contributed by atoms with E-state index in [0.29, 0.717) is 0 Å². The monoisotopic (exact) mass is 953 g/mol. The van der Waals surface area contributed by atoms with Crippen molar-refractivity contribution in [2.45, 2.75) is 54.4 Å². The van der Waals surface area contributed by atoms with E-state index in [1.165, 1.54) is 122 Å². The molecule has 0 unspecified atom stereocenters. The molecule has 0 nitrogen and oxygen atoms in total. The van der Waals surface area contributed by atoms with Crippen molar-refractivity contribution in [2.75, 3.05) is 0 Å². The Labute approximate surface area is 442 Å². The van der Waals surface area contributed by atoms with Gasteiger partial charge in [-0.1, -0.05) is 163 Å². The summed E-state index contributed by atoms with van der Waals surface area (Å²) >= 11 is 0. The molecule has 0 atom stereocenters. The van der Waals surface area contributed by atoms with Gasteiger partial charge in [0.1, 0.15) is 0 Å². The quantitative estimate of drug-likeness (QED) is 0.120. The predicted octanol–water partition coefficient (Wildman–Crippen LogP) is 19.6. The molecule has 1 aliphatic rings. The van der Waals surface area contributed by atoms with Gasteiger partial charge in [-0.15, -0.1) is 0 Å². The van der Waals surface area contributed by atoms with Crippen LogP contribution in [0.3, 0.4) is 0 Å². The summed E-state index contributed by atoms with van der Waals surface area (Å²) in [5.74, 6) is 4.22. The van der Waals surface area contributed by atoms with Gasteiger partial charge < -0.3 is 0 Å². The normalized spacial score (nSPS) is 11.4. The second kappa shape index (κ2) is 23.9. The summed E-state index contributed by atoms with van der Waals surface area (Å²) < 4.78 is 0. The summed E-state index contributed by atoms with van der Waals surface area (Å²) in [5, 5.41) is 0. The van der Waals surface area contributed by atoms with Crippen molar-refractivity contribution in [2.24, 2.45) is 0 Å². The summed E-state index contributed by atoms with van der Waals surface area (Å²) in [6.45, 7) is 18.9. The van der Waals surface area contributed by atoms with Crippen molar-refractivity contribution >= 4 is 12.5 Å². The van der Waals surface area contributed by atoms with E-state index in [0.717, 1.165) is 18.4 Å². The Morgan fingerprint density at radius 3 is 1.76 bits per heavy atom. The van der Waals surface area contributed by atoms with Crippen molar-refractivity contribution < 1.29 is 0 Å². The van der Waals surface area contributed by atoms with Gasteiger partial charge in [-0.3, -0.25) is 0 Å². The zero-order valence-corrected chi connectivity index (χ0v) is 43.9. The van der Waals surface area contributed by atoms with Crippen molar-refractivity contribution in [3.05, 3.63) is 311 Å². The molecule has 9 aromatic carbocycles. The van der Waals surface area contributed by atoms with Gasteiger partial charge in [0.05, 0.1) is 0 Å². The van der Waals surface area contributed by atoms with Crippen molar-refractivity contribution in [1.82, 2.24) is 0 Å². The fourth-order valence-corrected chi connectivity index (χ4v) is 9.93. The summed E-state index contributed by atoms with van der Waals surface area (Å²) in [7, 11) is 0. The Kier molecular flexibility index (Phi) is 16.3. The molecular formula is C73H65B. The van der Waals surface area contributed by atoms with Gasteiger partial charge >= 0.3 is 156 Å². The van der Waals surface area contributed by atoms with Crippen LogP contribution in [0.15, 0.2) is 255 Å². The van der Waals surface area contributed by atoms with Crippen LogP contribution < -0.4 is 0 Å². The zero-order chi connectivity index (χ0) is 51.4. The number of hydrogen-bond acceptors (Lipinski definition) is 0. The second-order valence-electron chi connectivity index (χ2n) is 19.6. The van der Waals surface area contributed by atoms with Crippen molar-refractivity contribution in [3.8, 4) is 66.8 Å². The Morgan fingerprint density at radius 1 is 0.446 bits per heavy atom. The van der Waals surface area contributed by atoms with Crippen molar-refractivity contribution in [1.29, 1.82) is 0 Å². The minimum absolute atomic E-state index is 0.972. The molecule has 0 N–H and O–H groups in total. The Balaban J connectivity index is 0.000000137. The van der Waals surface area contributed by atoms with Crippen LogP contribution in [0.5, 0.6) is 0 Å². The molecule has 360 valence electrons. The fraction of sp³-hybridized carbons (Fsp3) is 0.110. The number of benzene rings is 9. The molecule has 0 amide bonds. The molecule has 10 aromatic rings. The number of hydrogen-bond donors (Lipinski definition) is 0. The fourth-order valence-electron chi connectivity index (χ4n) is 9.93. The van der Waals surface area contributed by atoms with Crippen LogP contribution in [-0.2, 0) is 12.8 Å². The topological polar surface area (TPSA) is 0 Å². The first-order valence-electron chi connectivity index (χ1n) is 26.0. The van der Waals surface area contributed by atoms with E-state index in [4.69, 9.17) is 0 Å². The number of aryl methyl sites for hydroxylation is 5. The molecule has 1 aliphatic carbocycles. The first kappa shape index (κ1) is 50.6. The molecule has 1 aromatic heterocycles. The van der Waals surface area contributed by atoms with E-state index in [1.807, 2.05) is 25.2 Å². The molecule has 0 fully saturated rings. The number of allylic oxidation sites excluding steroid dienone is 5. The van der Waals surface area contributed by atoms with Crippen LogP contribution in [0.2, 0.25) is 0 Å². The molecule has 1 heteroatoms. The summed E-state index contributed by atoms with van der Waals surface area (Å²) in [6, 6.07) is 77.0.